The van der Waals surface area contributed by atoms with Crippen molar-refractivity contribution in [1.29, 1.82) is 0 Å². The molecule has 0 radical (unpaired) electrons. The van der Waals surface area contributed by atoms with Crippen LogP contribution >= 0.6 is 23.4 Å². The van der Waals surface area contributed by atoms with E-state index in [1.165, 1.54) is 0 Å². The van der Waals surface area contributed by atoms with Crippen molar-refractivity contribution in [1.82, 2.24) is 20.4 Å². The van der Waals surface area contributed by atoms with Gasteiger partial charge in [-0.15, -0.1) is 11.8 Å². The summed E-state index contributed by atoms with van der Waals surface area (Å²) in [5, 5.41) is 7.95. The fourth-order valence-corrected chi connectivity index (χ4v) is 4.45. The molecule has 2 heterocycles. The second kappa shape index (κ2) is 10.0. The topological polar surface area (TPSA) is 71.3 Å². The number of carbonyl (C=O) groups is 1. The van der Waals surface area contributed by atoms with Crippen LogP contribution < -0.4 is 5.32 Å². The Bertz CT molecular complexity index is 1170. The first-order chi connectivity index (χ1) is 15.9. The quantitative estimate of drug-likeness (QED) is 0.381. The molecule has 3 aromatic rings. The van der Waals surface area contributed by atoms with Crippen LogP contribution in [0.3, 0.4) is 0 Å². The van der Waals surface area contributed by atoms with Crippen LogP contribution in [0.4, 0.5) is 4.79 Å². The van der Waals surface area contributed by atoms with E-state index in [2.05, 4.69) is 24.3 Å². The minimum Gasteiger partial charge on any atom is -0.334 e. The molecule has 6 nitrogen and oxygen atoms in total. The molecule has 33 heavy (non-hydrogen) atoms. The number of benzene rings is 2. The molecule has 1 aromatic heterocycles. The third kappa shape index (κ3) is 5.09. The van der Waals surface area contributed by atoms with Gasteiger partial charge in [0, 0.05) is 27.7 Å². The Labute approximate surface area is 203 Å². The van der Waals surface area contributed by atoms with Gasteiger partial charge in [0.2, 0.25) is 5.82 Å². The highest BCUT2D eigenvalue weighted by molar-refractivity contribution is 7.98. The average molecular weight is 483 g/mol. The summed E-state index contributed by atoms with van der Waals surface area (Å²) < 4.78 is 5.74. The minimum atomic E-state index is -0.446. The maximum absolute atomic E-state index is 13.0. The van der Waals surface area contributed by atoms with Crippen LogP contribution in [0.2, 0.25) is 5.02 Å². The second-order valence-corrected chi connectivity index (χ2v) is 9.74. The molecule has 4 rings (SSSR count). The highest BCUT2D eigenvalue weighted by Crippen LogP contribution is 2.38. The number of urea groups is 1. The molecule has 1 aliphatic heterocycles. The van der Waals surface area contributed by atoms with Crippen molar-refractivity contribution in [2.75, 3.05) is 12.8 Å². The number of nitrogens with one attached hydrogen (secondary N) is 1. The van der Waals surface area contributed by atoms with Crippen LogP contribution in [-0.4, -0.2) is 33.9 Å². The van der Waals surface area contributed by atoms with Gasteiger partial charge in [0.25, 0.3) is 5.89 Å². The molecule has 0 bridgehead atoms. The maximum Gasteiger partial charge on any atom is 0.322 e. The van der Waals surface area contributed by atoms with Crippen LogP contribution in [0.5, 0.6) is 0 Å². The molecule has 1 unspecified atom stereocenters. The highest BCUT2D eigenvalue weighted by Gasteiger charge is 2.35. The second-order valence-electron chi connectivity index (χ2n) is 8.42. The van der Waals surface area contributed by atoms with E-state index in [-0.39, 0.29) is 6.03 Å². The monoisotopic (exact) mass is 482 g/mol. The number of rotatable bonds is 7. The summed E-state index contributed by atoms with van der Waals surface area (Å²) in [7, 11) is 0. The Morgan fingerprint density at radius 2 is 1.97 bits per heavy atom. The zero-order valence-electron chi connectivity index (χ0n) is 19.1. The summed E-state index contributed by atoms with van der Waals surface area (Å²) in [5.41, 5.74) is 3.31. The van der Waals surface area contributed by atoms with Gasteiger partial charge in [-0.1, -0.05) is 42.7 Å². The Morgan fingerprint density at radius 3 is 2.64 bits per heavy atom. The van der Waals surface area contributed by atoms with E-state index in [9.17, 15) is 4.79 Å². The van der Waals surface area contributed by atoms with E-state index in [4.69, 9.17) is 21.1 Å². The van der Waals surface area contributed by atoms with Gasteiger partial charge in [0.05, 0.1) is 11.6 Å². The predicted molar refractivity (Wildman–Crippen MR) is 133 cm³/mol. The van der Waals surface area contributed by atoms with E-state index in [0.29, 0.717) is 29.2 Å². The molecule has 2 amide bonds. The lowest BCUT2D eigenvalue weighted by molar-refractivity contribution is 0.202. The zero-order valence-corrected chi connectivity index (χ0v) is 20.7. The summed E-state index contributed by atoms with van der Waals surface area (Å²) in [4.78, 5) is 20.7. The number of aromatic nitrogens is 2. The van der Waals surface area contributed by atoms with E-state index in [1.54, 1.807) is 16.7 Å². The van der Waals surface area contributed by atoms with Crippen molar-refractivity contribution in [3.63, 3.8) is 0 Å². The van der Waals surface area contributed by atoms with Crippen molar-refractivity contribution in [3.8, 4) is 11.4 Å². The fraction of sp³-hybridized carbons (Fsp3) is 0.320. The lowest BCUT2D eigenvalue weighted by Crippen LogP contribution is -2.46. The lowest BCUT2D eigenvalue weighted by atomic mass is 9.94. The largest absolute Gasteiger partial charge is 0.334 e. The summed E-state index contributed by atoms with van der Waals surface area (Å²) in [6.45, 7) is 6.83. The van der Waals surface area contributed by atoms with Crippen molar-refractivity contribution < 1.29 is 9.32 Å². The normalized spacial score (nSPS) is 16.5. The SMILES string of the molecule is CSc1ccc(-c2noc(C3=C(C)N(CCC(C)C)C(=O)NC3c3cccc(Cl)c3)n2)cc1. The molecule has 0 saturated heterocycles. The zero-order chi connectivity index (χ0) is 23.5. The van der Waals surface area contributed by atoms with Crippen molar-refractivity contribution >= 4 is 35.0 Å². The van der Waals surface area contributed by atoms with E-state index in [0.717, 1.165) is 33.7 Å². The van der Waals surface area contributed by atoms with E-state index >= 15 is 0 Å². The maximum atomic E-state index is 13.0. The van der Waals surface area contributed by atoms with Crippen molar-refractivity contribution in [2.24, 2.45) is 5.92 Å². The van der Waals surface area contributed by atoms with Gasteiger partial charge < -0.3 is 9.84 Å². The molecular weight excluding hydrogens is 456 g/mol. The number of amides is 2. The molecule has 1 aliphatic rings. The minimum absolute atomic E-state index is 0.144. The van der Waals surface area contributed by atoms with Gasteiger partial charge in [-0.25, -0.2) is 4.79 Å². The van der Waals surface area contributed by atoms with Gasteiger partial charge >= 0.3 is 6.03 Å². The van der Waals surface area contributed by atoms with Crippen molar-refractivity contribution in [3.05, 3.63) is 70.7 Å². The Morgan fingerprint density at radius 1 is 1.21 bits per heavy atom. The molecule has 172 valence electrons. The molecule has 0 spiro atoms. The van der Waals surface area contributed by atoms with E-state index < -0.39 is 6.04 Å². The summed E-state index contributed by atoms with van der Waals surface area (Å²) in [6, 6.07) is 14.9. The number of carbonyl (C=O) groups excluding carboxylic acids is 1. The van der Waals surface area contributed by atoms with Gasteiger partial charge in [0.1, 0.15) is 0 Å². The molecular formula is C25H27ClN4O2S. The van der Waals surface area contributed by atoms with E-state index in [1.807, 2.05) is 61.7 Å². The number of hydrogen-bond acceptors (Lipinski definition) is 5. The van der Waals surface area contributed by atoms with Crippen LogP contribution in [0.25, 0.3) is 17.0 Å². The van der Waals surface area contributed by atoms with Crippen LogP contribution in [0, 0.1) is 5.92 Å². The summed E-state index contributed by atoms with van der Waals surface area (Å²) >= 11 is 7.94. The highest BCUT2D eigenvalue weighted by atomic mass is 35.5. The molecule has 2 aromatic carbocycles. The number of thioether (sulfide) groups is 1. The van der Waals surface area contributed by atoms with Gasteiger partial charge in [-0.3, -0.25) is 4.90 Å². The van der Waals surface area contributed by atoms with Crippen LogP contribution in [0.15, 0.2) is 63.6 Å². The molecule has 1 N–H and O–H groups in total. The number of nitrogens with zero attached hydrogens (tertiary/aromatic N) is 3. The lowest BCUT2D eigenvalue weighted by Gasteiger charge is -2.35. The molecule has 0 fully saturated rings. The van der Waals surface area contributed by atoms with Crippen molar-refractivity contribution in [2.45, 2.75) is 38.1 Å². The standard InChI is InChI=1S/C25H27ClN4O2S/c1-15(2)12-13-30-16(3)21(22(27-25(30)31)18-6-5-7-19(26)14-18)24-28-23(29-32-24)17-8-10-20(33-4)11-9-17/h5-11,14-15,22H,12-13H2,1-4H3,(H,27,31). The fourth-order valence-electron chi connectivity index (χ4n) is 3.84. The molecule has 8 heteroatoms. The molecule has 0 saturated carbocycles. The first-order valence-corrected chi connectivity index (χ1v) is 12.5. The number of halogens is 1. The third-order valence-corrected chi connectivity index (χ3v) is 6.69. The number of hydrogen-bond donors (Lipinski definition) is 1. The first-order valence-electron chi connectivity index (χ1n) is 10.9. The summed E-state index contributed by atoms with van der Waals surface area (Å²) in [5.74, 6) is 1.36. The van der Waals surface area contributed by atoms with Crippen LogP contribution in [-0.2, 0) is 0 Å². The van der Waals surface area contributed by atoms with Crippen LogP contribution in [0.1, 0.15) is 44.7 Å². The summed E-state index contributed by atoms with van der Waals surface area (Å²) in [6.07, 6.45) is 2.92. The first kappa shape index (κ1) is 23.4. The predicted octanol–water partition coefficient (Wildman–Crippen LogP) is 6.66. The smallest absolute Gasteiger partial charge is 0.322 e. The van der Waals surface area contributed by atoms with Gasteiger partial charge in [-0.2, -0.15) is 4.98 Å². The van der Waals surface area contributed by atoms with Gasteiger partial charge in [0.15, 0.2) is 0 Å². The molecule has 1 atom stereocenters. The Kier molecular flexibility index (Phi) is 7.10. The third-order valence-electron chi connectivity index (χ3n) is 5.71. The average Bonchev–Trinajstić information content (AvgIpc) is 3.28. The van der Waals surface area contributed by atoms with Gasteiger partial charge in [-0.05, 0) is 67.5 Å². The Hall–Kier alpha value is -2.77. The Balaban J connectivity index is 1.77. The number of allylic oxidation sites excluding steroid dienone is 1. The molecule has 0 aliphatic carbocycles.